The summed E-state index contributed by atoms with van der Waals surface area (Å²) in [4.78, 5) is 11.7. The topological polar surface area (TPSA) is 50.4 Å². The monoisotopic (exact) mass is 250 g/mol. The van der Waals surface area contributed by atoms with Crippen LogP contribution in [0.5, 0.6) is 0 Å². The van der Waals surface area contributed by atoms with Crippen molar-refractivity contribution < 1.29 is 9.53 Å². The Bertz CT molecular complexity index is 403. The number of para-hydroxylation sites is 1. The third kappa shape index (κ3) is 4.85. The normalized spacial score (nSPS) is 11.3. The molecule has 0 unspecified atom stereocenters. The van der Waals surface area contributed by atoms with Crippen molar-refractivity contribution in [3.05, 3.63) is 29.8 Å². The molecule has 1 amide bonds. The minimum absolute atomic E-state index is 0.0452. The number of methoxy groups -OCH3 is 1. The molecule has 1 aromatic rings. The first-order chi connectivity index (χ1) is 8.44. The number of hydrogen-bond acceptors (Lipinski definition) is 3. The highest BCUT2D eigenvalue weighted by molar-refractivity contribution is 5.92. The summed E-state index contributed by atoms with van der Waals surface area (Å²) < 4.78 is 5.26. The van der Waals surface area contributed by atoms with Gasteiger partial charge in [-0.1, -0.05) is 18.2 Å². The molecular weight excluding hydrogens is 228 g/mol. The number of rotatable bonds is 6. The van der Waals surface area contributed by atoms with E-state index in [1.807, 2.05) is 45.0 Å². The molecule has 1 aromatic carbocycles. The van der Waals surface area contributed by atoms with Gasteiger partial charge < -0.3 is 15.4 Å². The second-order valence-electron chi connectivity index (χ2n) is 4.93. The lowest BCUT2D eigenvalue weighted by molar-refractivity contribution is -0.115. The van der Waals surface area contributed by atoms with E-state index in [9.17, 15) is 4.79 Å². The van der Waals surface area contributed by atoms with Crippen LogP contribution in [0, 0.1) is 6.92 Å². The number of carbonyl (C=O) groups is 1. The highest BCUT2D eigenvalue weighted by Crippen LogP contribution is 2.12. The maximum atomic E-state index is 11.7. The standard InChI is InChI=1S/C14H22N2O2/c1-11-7-5-6-8-12(11)16-13(17)9-15-10-14(2,3)18-4/h5-8,15H,9-10H2,1-4H3,(H,16,17). The number of aryl methyl sites for hydroxylation is 1. The lowest BCUT2D eigenvalue weighted by Crippen LogP contribution is -2.40. The van der Waals surface area contributed by atoms with E-state index >= 15 is 0 Å². The van der Waals surface area contributed by atoms with E-state index in [2.05, 4.69) is 10.6 Å². The van der Waals surface area contributed by atoms with Gasteiger partial charge in [-0.15, -0.1) is 0 Å². The smallest absolute Gasteiger partial charge is 0.238 e. The second-order valence-corrected chi connectivity index (χ2v) is 4.93. The molecule has 0 aliphatic heterocycles. The summed E-state index contributed by atoms with van der Waals surface area (Å²) >= 11 is 0. The SMILES string of the molecule is COC(C)(C)CNCC(=O)Nc1ccccc1C. The van der Waals surface area contributed by atoms with Gasteiger partial charge in [0.15, 0.2) is 0 Å². The summed E-state index contributed by atoms with van der Waals surface area (Å²) in [6.07, 6.45) is 0. The van der Waals surface area contributed by atoms with Crippen molar-refractivity contribution in [3.63, 3.8) is 0 Å². The van der Waals surface area contributed by atoms with Crippen LogP contribution < -0.4 is 10.6 Å². The van der Waals surface area contributed by atoms with Gasteiger partial charge in [0, 0.05) is 19.3 Å². The van der Waals surface area contributed by atoms with Gasteiger partial charge in [-0.2, -0.15) is 0 Å². The maximum absolute atomic E-state index is 11.7. The Morgan fingerprint density at radius 3 is 2.61 bits per heavy atom. The van der Waals surface area contributed by atoms with Crippen LogP contribution in [0.3, 0.4) is 0 Å². The Balaban J connectivity index is 2.37. The van der Waals surface area contributed by atoms with E-state index in [0.717, 1.165) is 11.3 Å². The summed E-state index contributed by atoms with van der Waals surface area (Å²) in [6, 6.07) is 7.72. The fourth-order valence-electron chi connectivity index (χ4n) is 1.46. The molecule has 18 heavy (non-hydrogen) atoms. The zero-order valence-electron chi connectivity index (χ0n) is 11.5. The van der Waals surface area contributed by atoms with Crippen molar-refractivity contribution in [2.75, 3.05) is 25.5 Å². The molecule has 0 bridgehead atoms. The zero-order valence-corrected chi connectivity index (χ0v) is 11.5. The molecule has 0 heterocycles. The fraction of sp³-hybridized carbons (Fsp3) is 0.500. The molecule has 0 radical (unpaired) electrons. The number of carbonyl (C=O) groups excluding carboxylic acids is 1. The summed E-state index contributed by atoms with van der Waals surface area (Å²) in [5.74, 6) is -0.0452. The molecule has 0 spiro atoms. The van der Waals surface area contributed by atoms with Crippen LogP contribution in [-0.2, 0) is 9.53 Å². The van der Waals surface area contributed by atoms with Gasteiger partial charge in [0.2, 0.25) is 5.91 Å². The Morgan fingerprint density at radius 2 is 2.00 bits per heavy atom. The number of anilines is 1. The van der Waals surface area contributed by atoms with Gasteiger partial charge in [-0.05, 0) is 32.4 Å². The first-order valence-electron chi connectivity index (χ1n) is 6.06. The lowest BCUT2D eigenvalue weighted by Gasteiger charge is -2.23. The van der Waals surface area contributed by atoms with Crippen LogP contribution in [0.2, 0.25) is 0 Å². The molecule has 0 aliphatic carbocycles. The highest BCUT2D eigenvalue weighted by Gasteiger charge is 2.15. The minimum atomic E-state index is -0.261. The summed E-state index contributed by atoms with van der Waals surface area (Å²) in [5, 5.41) is 5.95. The molecule has 0 saturated carbocycles. The van der Waals surface area contributed by atoms with Gasteiger partial charge in [-0.25, -0.2) is 0 Å². The Morgan fingerprint density at radius 1 is 1.33 bits per heavy atom. The molecule has 100 valence electrons. The predicted molar refractivity (Wildman–Crippen MR) is 73.8 cm³/mol. The van der Waals surface area contributed by atoms with E-state index in [4.69, 9.17) is 4.74 Å². The third-order valence-corrected chi connectivity index (χ3v) is 2.81. The van der Waals surface area contributed by atoms with Crippen LogP contribution in [0.25, 0.3) is 0 Å². The molecule has 0 fully saturated rings. The van der Waals surface area contributed by atoms with Crippen LogP contribution in [-0.4, -0.2) is 31.7 Å². The van der Waals surface area contributed by atoms with Gasteiger partial charge >= 0.3 is 0 Å². The highest BCUT2D eigenvalue weighted by atomic mass is 16.5. The molecular formula is C14H22N2O2. The zero-order chi connectivity index (χ0) is 13.6. The fourth-order valence-corrected chi connectivity index (χ4v) is 1.46. The average molecular weight is 250 g/mol. The molecule has 0 aliphatic rings. The first kappa shape index (κ1) is 14.7. The van der Waals surface area contributed by atoms with Crippen molar-refractivity contribution in [2.24, 2.45) is 0 Å². The molecule has 4 nitrogen and oxygen atoms in total. The molecule has 0 atom stereocenters. The van der Waals surface area contributed by atoms with Crippen LogP contribution in [0.1, 0.15) is 19.4 Å². The van der Waals surface area contributed by atoms with E-state index in [1.165, 1.54) is 0 Å². The van der Waals surface area contributed by atoms with Crippen molar-refractivity contribution >= 4 is 11.6 Å². The summed E-state index contributed by atoms with van der Waals surface area (Å²) in [6.45, 7) is 6.82. The molecule has 0 aromatic heterocycles. The van der Waals surface area contributed by atoms with E-state index in [-0.39, 0.29) is 18.1 Å². The number of nitrogens with one attached hydrogen (secondary N) is 2. The number of hydrogen-bond donors (Lipinski definition) is 2. The van der Waals surface area contributed by atoms with Gasteiger partial charge in [0.1, 0.15) is 0 Å². The number of ether oxygens (including phenoxy) is 1. The van der Waals surface area contributed by atoms with Crippen molar-refractivity contribution in [1.82, 2.24) is 5.32 Å². The molecule has 4 heteroatoms. The summed E-state index contributed by atoms with van der Waals surface area (Å²) in [5.41, 5.74) is 1.65. The van der Waals surface area contributed by atoms with Gasteiger partial charge in [0.05, 0.1) is 12.1 Å². The maximum Gasteiger partial charge on any atom is 0.238 e. The quantitative estimate of drug-likeness (QED) is 0.811. The van der Waals surface area contributed by atoms with Crippen molar-refractivity contribution in [2.45, 2.75) is 26.4 Å². The lowest BCUT2D eigenvalue weighted by atomic mass is 10.1. The molecule has 2 N–H and O–H groups in total. The third-order valence-electron chi connectivity index (χ3n) is 2.81. The van der Waals surface area contributed by atoms with Gasteiger partial charge in [-0.3, -0.25) is 4.79 Å². The van der Waals surface area contributed by atoms with Crippen LogP contribution >= 0.6 is 0 Å². The van der Waals surface area contributed by atoms with Crippen molar-refractivity contribution in [3.8, 4) is 0 Å². The minimum Gasteiger partial charge on any atom is -0.377 e. The predicted octanol–water partition coefficient (Wildman–Crippen LogP) is 1.95. The number of amides is 1. The van der Waals surface area contributed by atoms with Crippen LogP contribution in [0.4, 0.5) is 5.69 Å². The largest absolute Gasteiger partial charge is 0.377 e. The molecule has 1 rings (SSSR count). The Kier molecular flexibility index (Phi) is 5.31. The Labute approximate surface area is 109 Å². The first-order valence-corrected chi connectivity index (χ1v) is 6.06. The average Bonchev–Trinajstić information content (AvgIpc) is 2.32. The molecule has 0 saturated heterocycles. The van der Waals surface area contributed by atoms with Gasteiger partial charge in [0.25, 0.3) is 0 Å². The summed E-state index contributed by atoms with van der Waals surface area (Å²) in [7, 11) is 1.66. The van der Waals surface area contributed by atoms with E-state index in [1.54, 1.807) is 7.11 Å². The van der Waals surface area contributed by atoms with E-state index < -0.39 is 0 Å². The van der Waals surface area contributed by atoms with Crippen LogP contribution in [0.15, 0.2) is 24.3 Å². The van der Waals surface area contributed by atoms with E-state index in [0.29, 0.717) is 6.54 Å². The Hall–Kier alpha value is -1.39. The van der Waals surface area contributed by atoms with Crippen molar-refractivity contribution in [1.29, 1.82) is 0 Å². The second kappa shape index (κ2) is 6.52. The number of benzene rings is 1.